The first kappa shape index (κ1) is 27.0. The van der Waals surface area contributed by atoms with Crippen molar-refractivity contribution in [1.82, 2.24) is 39.6 Å². The number of anilines is 1. The second kappa shape index (κ2) is 10.9. The van der Waals surface area contributed by atoms with Crippen LogP contribution in [0.15, 0.2) is 55.1 Å². The van der Waals surface area contributed by atoms with Gasteiger partial charge in [-0.1, -0.05) is 0 Å². The standard InChI is InChI=1S/C26H29N9O4S/c1-33(2)11-5-10-28-26(36)24-19-15-29-20(18-16-30-34-12-6-9-27-25(18)34)14-22(19)35(31-24)21-8-7-17(13-23(21)39-3)32-40(4,37)38/h6-9,12-16,32H,5,10-11H2,1-4H3,(H,28,36). The number of nitrogens with one attached hydrogen (secondary N) is 2. The minimum atomic E-state index is -3.49. The Hall–Kier alpha value is -4.56. The van der Waals surface area contributed by atoms with Crippen molar-refractivity contribution in [3.05, 3.63) is 60.8 Å². The highest BCUT2D eigenvalue weighted by Gasteiger charge is 2.22. The van der Waals surface area contributed by atoms with Crippen LogP contribution in [0.3, 0.4) is 0 Å². The third kappa shape index (κ3) is 5.58. The minimum Gasteiger partial charge on any atom is -0.494 e. The number of nitrogens with zero attached hydrogens (tertiary/aromatic N) is 7. The van der Waals surface area contributed by atoms with E-state index in [0.29, 0.717) is 51.5 Å². The Kier molecular flexibility index (Phi) is 7.36. The molecule has 5 aromatic rings. The maximum Gasteiger partial charge on any atom is 0.272 e. The van der Waals surface area contributed by atoms with Crippen LogP contribution in [-0.2, 0) is 10.0 Å². The molecule has 0 aliphatic rings. The van der Waals surface area contributed by atoms with E-state index in [9.17, 15) is 13.2 Å². The van der Waals surface area contributed by atoms with E-state index in [1.54, 1.807) is 58.3 Å². The van der Waals surface area contributed by atoms with Crippen LogP contribution in [0.25, 0.3) is 33.5 Å². The van der Waals surface area contributed by atoms with Crippen LogP contribution >= 0.6 is 0 Å². The number of fused-ring (bicyclic) bond motifs is 2. The fourth-order valence-electron chi connectivity index (χ4n) is 4.33. The molecule has 0 radical (unpaired) electrons. The van der Waals surface area contributed by atoms with Crippen LogP contribution < -0.4 is 14.8 Å². The van der Waals surface area contributed by atoms with Gasteiger partial charge >= 0.3 is 0 Å². The van der Waals surface area contributed by atoms with Crippen LogP contribution in [0.1, 0.15) is 16.9 Å². The van der Waals surface area contributed by atoms with Gasteiger partial charge in [-0.25, -0.2) is 22.6 Å². The molecule has 0 bridgehead atoms. The number of ether oxygens (including phenoxy) is 1. The number of amides is 1. The van der Waals surface area contributed by atoms with Crippen molar-refractivity contribution in [2.45, 2.75) is 6.42 Å². The third-order valence-corrected chi connectivity index (χ3v) is 6.72. The quantitative estimate of drug-likeness (QED) is 0.244. The van der Waals surface area contributed by atoms with Crippen molar-refractivity contribution in [3.63, 3.8) is 0 Å². The number of hydrogen-bond acceptors (Lipinski definition) is 9. The Bertz CT molecular complexity index is 1810. The van der Waals surface area contributed by atoms with Crippen molar-refractivity contribution in [2.75, 3.05) is 45.3 Å². The molecule has 208 valence electrons. The molecule has 1 aromatic carbocycles. The van der Waals surface area contributed by atoms with Gasteiger partial charge < -0.3 is 15.0 Å². The maximum absolute atomic E-state index is 13.2. The van der Waals surface area contributed by atoms with E-state index < -0.39 is 10.0 Å². The molecule has 0 unspecified atom stereocenters. The lowest BCUT2D eigenvalue weighted by atomic mass is 10.1. The molecule has 4 aromatic heterocycles. The van der Waals surface area contributed by atoms with Crippen LogP contribution in [0.4, 0.5) is 5.69 Å². The minimum absolute atomic E-state index is 0.206. The first-order chi connectivity index (χ1) is 19.1. The summed E-state index contributed by atoms with van der Waals surface area (Å²) in [5.41, 5.74) is 3.58. The molecule has 0 spiro atoms. The molecule has 0 aliphatic carbocycles. The average Bonchev–Trinajstić information content (AvgIpc) is 3.51. The first-order valence-corrected chi connectivity index (χ1v) is 14.3. The lowest BCUT2D eigenvalue weighted by molar-refractivity contribution is 0.0948. The topological polar surface area (TPSA) is 149 Å². The van der Waals surface area contributed by atoms with Crippen molar-refractivity contribution in [3.8, 4) is 22.7 Å². The van der Waals surface area contributed by atoms with Gasteiger partial charge in [-0.3, -0.25) is 14.5 Å². The van der Waals surface area contributed by atoms with E-state index in [-0.39, 0.29) is 11.6 Å². The van der Waals surface area contributed by atoms with E-state index in [1.807, 2.05) is 25.1 Å². The zero-order chi connectivity index (χ0) is 28.4. The van der Waals surface area contributed by atoms with E-state index in [2.05, 4.69) is 30.2 Å². The van der Waals surface area contributed by atoms with Gasteiger partial charge in [0.1, 0.15) is 11.4 Å². The van der Waals surface area contributed by atoms with Crippen molar-refractivity contribution >= 4 is 38.2 Å². The Morgan fingerprint density at radius 3 is 2.73 bits per heavy atom. The smallest absolute Gasteiger partial charge is 0.272 e. The van der Waals surface area contributed by atoms with Crippen LogP contribution in [-0.4, -0.2) is 89.1 Å². The third-order valence-electron chi connectivity index (χ3n) is 6.11. The highest BCUT2D eigenvalue weighted by atomic mass is 32.2. The van der Waals surface area contributed by atoms with Gasteiger partial charge in [0.15, 0.2) is 11.3 Å². The van der Waals surface area contributed by atoms with Gasteiger partial charge in [0.25, 0.3) is 5.91 Å². The molecule has 1 amide bonds. The Labute approximate surface area is 230 Å². The largest absolute Gasteiger partial charge is 0.494 e. The van der Waals surface area contributed by atoms with Gasteiger partial charge in [0, 0.05) is 31.2 Å². The summed E-state index contributed by atoms with van der Waals surface area (Å²) in [5, 5.41) is 12.5. The van der Waals surface area contributed by atoms with Crippen LogP contribution in [0.5, 0.6) is 5.75 Å². The predicted octanol–water partition coefficient (Wildman–Crippen LogP) is 2.19. The van der Waals surface area contributed by atoms with E-state index in [4.69, 9.17) is 4.74 Å². The van der Waals surface area contributed by atoms with Gasteiger partial charge in [0.2, 0.25) is 10.0 Å². The fourth-order valence-corrected chi connectivity index (χ4v) is 4.88. The molecule has 5 rings (SSSR count). The fraction of sp³-hybridized carbons (Fsp3) is 0.269. The SMILES string of the molecule is COc1cc(NS(C)(=O)=O)ccc1-n1nc(C(=O)NCCCN(C)C)c2cnc(-c3cnn4cccnc34)cc21. The van der Waals surface area contributed by atoms with Gasteiger partial charge in [-0.2, -0.15) is 10.2 Å². The summed E-state index contributed by atoms with van der Waals surface area (Å²) in [4.78, 5) is 24.3. The summed E-state index contributed by atoms with van der Waals surface area (Å²) in [5.74, 6) is 0.0241. The molecule has 0 atom stereocenters. The summed E-state index contributed by atoms with van der Waals surface area (Å²) in [7, 11) is 1.94. The van der Waals surface area contributed by atoms with E-state index in [1.165, 1.54) is 7.11 Å². The first-order valence-electron chi connectivity index (χ1n) is 12.4. The average molecular weight is 564 g/mol. The molecular weight excluding hydrogens is 534 g/mol. The van der Waals surface area contributed by atoms with Crippen molar-refractivity contribution < 1.29 is 17.9 Å². The Balaban J connectivity index is 1.63. The molecule has 14 heteroatoms. The van der Waals surface area contributed by atoms with Gasteiger partial charge in [0.05, 0.1) is 47.4 Å². The number of pyridine rings is 1. The highest BCUT2D eigenvalue weighted by molar-refractivity contribution is 7.92. The molecule has 0 saturated carbocycles. The van der Waals surface area contributed by atoms with Crippen LogP contribution in [0.2, 0.25) is 0 Å². The number of benzene rings is 1. The zero-order valence-electron chi connectivity index (χ0n) is 22.5. The summed E-state index contributed by atoms with van der Waals surface area (Å²) < 4.78 is 34.8. The number of carbonyl (C=O) groups is 1. The normalized spacial score (nSPS) is 11.8. The monoisotopic (exact) mass is 563 g/mol. The molecule has 40 heavy (non-hydrogen) atoms. The summed E-state index contributed by atoms with van der Waals surface area (Å²) in [6.07, 6.45) is 8.62. The second-order valence-corrected chi connectivity index (χ2v) is 11.2. The number of methoxy groups -OCH3 is 1. The van der Waals surface area contributed by atoms with Crippen molar-refractivity contribution in [1.29, 1.82) is 0 Å². The molecule has 0 aliphatic heterocycles. The second-order valence-electron chi connectivity index (χ2n) is 9.47. The molecule has 2 N–H and O–H groups in total. The number of rotatable bonds is 10. The number of sulfonamides is 1. The molecule has 0 saturated heterocycles. The van der Waals surface area contributed by atoms with Gasteiger partial charge in [-0.05, 0) is 51.3 Å². The molecular formula is C26H29N9O4S. The van der Waals surface area contributed by atoms with E-state index in [0.717, 1.165) is 19.2 Å². The Morgan fingerprint density at radius 1 is 1.15 bits per heavy atom. The lowest BCUT2D eigenvalue weighted by Crippen LogP contribution is -2.27. The number of carbonyl (C=O) groups excluding carboxylic acids is 1. The Morgan fingerprint density at radius 2 is 1.98 bits per heavy atom. The van der Waals surface area contributed by atoms with Gasteiger partial charge in [-0.15, -0.1) is 0 Å². The summed E-state index contributed by atoms with van der Waals surface area (Å²) >= 11 is 0. The number of hydrogen-bond donors (Lipinski definition) is 2. The molecule has 4 heterocycles. The number of aromatic nitrogens is 6. The lowest BCUT2D eigenvalue weighted by Gasteiger charge is -2.12. The van der Waals surface area contributed by atoms with Crippen molar-refractivity contribution in [2.24, 2.45) is 0 Å². The highest BCUT2D eigenvalue weighted by Crippen LogP contribution is 2.32. The molecule has 13 nitrogen and oxygen atoms in total. The summed E-state index contributed by atoms with van der Waals surface area (Å²) in [6, 6.07) is 8.44. The van der Waals surface area contributed by atoms with Crippen LogP contribution in [0, 0.1) is 0 Å². The zero-order valence-corrected chi connectivity index (χ0v) is 23.3. The van der Waals surface area contributed by atoms with E-state index >= 15 is 0 Å². The maximum atomic E-state index is 13.2. The summed E-state index contributed by atoms with van der Waals surface area (Å²) in [6.45, 7) is 1.32. The molecule has 0 fully saturated rings. The predicted molar refractivity (Wildman–Crippen MR) is 151 cm³/mol.